The van der Waals surface area contributed by atoms with Gasteiger partial charge in [0, 0.05) is 29.4 Å². The summed E-state index contributed by atoms with van der Waals surface area (Å²) in [5, 5.41) is 3.79. The molecular formula is C21H24Cl2N2O2S. The van der Waals surface area contributed by atoms with Crippen LogP contribution in [-0.2, 0) is 21.9 Å². The van der Waals surface area contributed by atoms with Crippen LogP contribution in [0.4, 0.5) is 0 Å². The first kappa shape index (κ1) is 22.6. The van der Waals surface area contributed by atoms with Gasteiger partial charge in [0.2, 0.25) is 11.8 Å². The number of aryl methyl sites for hydroxylation is 1. The molecule has 0 spiro atoms. The Kier molecular flexibility index (Phi) is 8.67. The molecular weight excluding hydrogens is 415 g/mol. The third-order valence-electron chi connectivity index (χ3n) is 4.38. The molecule has 2 aromatic rings. The number of thioether (sulfide) groups is 1. The molecule has 0 aromatic heterocycles. The van der Waals surface area contributed by atoms with Gasteiger partial charge in [0.15, 0.2) is 0 Å². The first-order valence-corrected chi connectivity index (χ1v) is 10.8. The van der Waals surface area contributed by atoms with Crippen molar-refractivity contribution in [1.29, 1.82) is 0 Å². The normalized spacial score (nSPS) is 11.8. The summed E-state index contributed by atoms with van der Waals surface area (Å²) in [6.07, 6.45) is 0. The number of hydrogen-bond donors (Lipinski definition) is 1. The van der Waals surface area contributed by atoms with Crippen LogP contribution >= 0.6 is 35.0 Å². The fourth-order valence-corrected chi connectivity index (χ4v) is 4.44. The van der Waals surface area contributed by atoms with Crippen molar-refractivity contribution >= 4 is 46.8 Å². The van der Waals surface area contributed by atoms with Crippen LogP contribution in [0.15, 0.2) is 42.5 Å². The topological polar surface area (TPSA) is 49.4 Å². The third-order valence-corrected chi connectivity index (χ3v) is 6.03. The van der Waals surface area contributed by atoms with Crippen molar-refractivity contribution in [2.24, 2.45) is 0 Å². The standard InChI is InChI=1S/C21H24Cl2N2O2S/c1-14-6-4-7-16(10-14)11-25(15(2)21(27)24-3)20(26)13-28-12-17-18(22)8-5-9-19(17)23/h4-10,15H,11-13H2,1-3H3,(H,24,27)/t15-/m1/s1. The van der Waals surface area contributed by atoms with Crippen molar-refractivity contribution in [3.63, 3.8) is 0 Å². The van der Waals surface area contributed by atoms with E-state index in [0.29, 0.717) is 22.3 Å². The lowest BCUT2D eigenvalue weighted by atomic mass is 10.1. The van der Waals surface area contributed by atoms with Gasteiger partial charge in [-0.15, -0.1) is 11.8 Å². The zero-order chi connectivity index (χ0) is 20.7. The highest BCUT2D eigenvalue weighted by Crippen LogP contribution is 2.28. The molecule has 2 amide bonds. The molecule has 1 atom stereocenters. The summed E-state index contributed by atoms with van der Waals surface area (Å²) in [4.78, 5) is 26.7. The second-order valence-electron chi connectivity index (χ2n) is 6.49. The molecule has 150 valence electrons. The van der Waals surface area contributed by atoms with E-state index in [9.17, 15) is 9.59 Å². The number of carbonyl (C=O) groups is 2. The van der Waals surface area contributed by atoms with Crippen LogP contribution in [-0.4, -0.2) is 35.6 Å². The Hall–Kier alpha value is -1.69. The van der Waals surface area contributed by atoms with E-state index in [-0.39, 0.29) is 17.6 Å². The minimum Gasteiger partial charge on any atom is -0.357 e. The fourth-order valence-electron chi connectivity index (χ4n) is 2.79. The largest absolute Gasteiger partial charge is 0.357 e. The second kappa shape index (κ2) is 10.7. The summed E-state index contributed by atoms with van der Waals surface area (Å²) in [5.41, 5.74) is 2.91. The lowest BCUT2D eigenvalue weighted by Crippen LogP contribution is -2.47. The van der Waals surface area contributed by atoms with Gasteiger partial charge in [-0.25, -0.2) is 0 Å². The van der Waals surface area contributed by atoms with Crippen molar-refractivity contribution in [3.05, 3.63) is 69.2 Å². The predicted molar refractivity (Wildman–Crippen MR) is 118 cm³/mol. The zero-order valence-corrected chi connectivity index (χ0v) is 18.5. The highest BCUT2D eigenvalue weighted by atomic mass is 35.5. The minimum absolute atomic E-state index is 0.106. The Morgan fingerprint density at radius 2 is 1.79 bits per heavy atom. The average molecular weight is 439 g/mol. The Bertz CT molecular complexity index is 825. The van der Waals surface area contributed by atoms with Crippen LogP contribution in [0.2, 0.25) is 10.0 Å². The molecule has 0 aliphatic carbocycles. The van der Waals surface area contributed by atoms with Crippen molar-refractivity contribution in [2.75, 3.05) is 12.8 Å². The second-order valence-corrected chi connectivity index (χ2v) is 8.29. The van der Waals surface area contributed by atoms with Gasteiger partial charge in [-0.2, -0.15) is 0 Å². The SMILES string of the molecule is CNC(=O)[C@@H](C)N(Cc1cccc(C)c1)C(=O)CSCc1c(Cl)cccc1Cl. The summed E-state index contributed by atoms with van der Waals surface area (Å²) in [6, 6.07) is 12.7. The number of halogens is 2. The molecule has 0 bridgehead atoms. The van der Waals surface area contributed by atoms with E-state index in [4.69, 9.17) is 23.2 Å². The Balaban J connectivity index is 2.08. The van der Waals surface area contributed by atoms with E-state index < -0.39 is 6.04 Å². The van der Waals surface area contributed by atoms with E-state index >= 15 is 0 Å². The molecule has 0 saturated carbocycles. The van der Waals surface area contributed by atoms with E-state index in [1.54, 1.807) is 37.1 Å². The molecule has 4 nitrogen and oxygen atoms in total. The minimum atomic E-state index is -0.567. The molecule has 0 radical (unpaired) electrons. The molecule has 1 N–H and O–H groups in total. The molecule has 28 heavy (non-hydrogen) atoms. The first-order chi connectivity index (χ1) is 13.3. The van der Waals surface area contributed by atoms with E-state index in [2.05, 4.69) is 5.32 Å². The van der Waals surface area contributed by atoms with E-state index in [1.807, 2.05) is 31.2 Å². The number of amides is 2. The monoisotopic (exact) mass is 438 g/mol. The lowest BCUT2D eigenvalue weighted by molar-refractivity contribution is -0.138. The van der Waals surface area contributed by atoms with Crippen molar-refractivity contribution in [2.45, 2.75) is 32.2 Å². The Morgan fingerprint density at radius 1 is 1.14 bits per heavy atom. The third kappa shape index (κ3) is 6.16. The van der Waals surface area contributed by atoms with Crippen molar-refractivity contribution in [1.82, 2.24) is 10.2 Å². The van der Waals surface area contributed by atoms with Gasteiger partial charge >= 0.3 is 0 Å². The maximum absolute atomic E-state index is 12.9. The van der Waals surface area contributed by atoms with E-state index in [0.717, 1.165) is 16.7 Å². The molecule has 2 rings (SSSR count). The van der Waals surface area contributed by atoms with Crippen molar-refractivity contribution < 1.29 is 9.59 Å². The number of rotatable bonds is 8. The summed E-state index contributed by atoms with van der Waals surface area (Å²) < 4.78 is 0. The molecule has 0 heterocycles. The molecule has 0 fully saturated rings. The summed E-state index contributed by atoms with van der Waals surface area (Å²) >= 11 is 13.8. The van der Waals surface area contributed by atoms with Gasteiger partial charge in [-0.05, 0) is 37.1 Å². The maximum atomic E-state index is 12.9. The smallest absolute Gasteiger partial charge is 0.242 e. The number of benzene rings is 2. The number of carbonyl (C=O) groups excluding carboxylic acids is 2. The van der Waals surface area contributed by atoms with Crippen LogP contribution in [0.3, 0.4) is 0 Å². The van der Waals surface area contributed by atoms with Gasteiger partial charge in [0.25, 0.3) is 0 Å². The zero-order valence-electron chi connectivity index (χ0n) is 16.2. The van der Waals surface area contributed by atoms with E-state index in [1.165, 1.54) is 11.8 Å². The number of nitrogens with zero attached hydrogens (tertiary/aromatic N) is 1. The Labute approximate surface area is 180 Å². The van der Waals surface area contributed by atoms with Gasteiger partial charge in [-0.1, -0.05) is 59.1 Å². The maximum Gasteiger partial charge on any atom is 0.242 e. The van der Waals surface area contributed by atoms with Gasteiger partial charge in [0.1, 0.15) is 6.04 Å². The summed E-state index contributed by atoms with van der Waals surface area (Å²) in [7, 11) is 1.57. The van der Waals surface area contributed by atoms with Gasteiger partial charge in [0.05, 0.1) is 5.75 Å². The summed E-state index contributed by atoms with van der Waals surface area (Å²) in [6.45, 7) is 4.12. The van der Waals surface area contributed by atoms with Crippen molar-refractivity contribution in [3.8, 4) is 0 Å². The van der Waals surface area contributed by atoms with Gasteiger partial charge < -0.3 is 10.2 Å². The van der Waals surface area contributed by atoms with Crippen LogP contribution in [0.1, 0.15) is 23.6 Å². The Morgan fingerprint density at radius 3 is 2.39 bits per heavy atom. The molecule has 7 heteroatoms. The van der Waals surface area contributed by atoms with Crippen LogP contribution in [0.5, 0.6) is 0 Å². The quantitative estimate of drug-likeness (QED) is 0.649. The first-order valence-electron chi connectivity index (χ1n) is 8.90. The number of hydrogen-bond acceptors (Lipinski definition) is 3. The molecule has 0 aliphatic heterocycles. The van der Waals surface area contributed by atoms with Gasteiger partial charge in [-0.3, -0.25) is 9.59 Å². The molecule has 0 saturated heterocycles. The molecule has 2 aromatic carbocycles. The molecule has 0 unspecified atom stereocenters. The van der Waals surface area contributed by atoms with Crippen LogP contribution in [0, 0.1) is 6.92 Å². The number of likely N-dealkylation sites (N-methyl/N-ethyl adjacent to an activating group) is 1. The molecule has 0 aliphatic rings. The lowest BCUT2D eigenvalue weighted by Gasteiger charge is -2.28. The highest BCUT2D eigenvalue weighted by Gasteiger charge is 2.25. The fraction of sp³-hybridized carbons (Fsp3) is 0.333. The van der Waals surface area contributed by atoms with Crippen LogP contribution in [0.25, 0.3) is 0 Å². The average Bonchev–Trinajstić information content (AvgIpc) is 2.67. The number of nitrogens with one attached hydrogen (secondary N) is 1. The highest BCUT2D eigenvalue weighted by molar-refractivity contribution is 7.99. The predicted octanol–water partition coefficient (Wildman–Crippen LogP) is 4.70. The summed E-state index contributed by atoms with van der Waals surface area (Å²) in [5.74, 6) is 0.455. The van der Waals surface area contributed by atoms with Crippen LogP contribution < -0.4 is 5.32 Å².